The molecule has 0 heterocycles. The maximum Gasteiger partial charge on any atom is 0.241 e. The average molecular weight is 281 g/mol. The monoisotopic (exact) mass is 281 g/mol. The molecule has 112 valence electrons. The van der Waals surface area contributed by atoms with Crippen LogP contribution in [0.3, 0.4) is 0 Å². The second-order valence-corrected chi connectivity index (χ2v) is 5.09. The number of carbonyl (C=O) groups excluding carboxylic acids is 1. The van der Waals surface area contributed by atoms with E-state index in [9.17, 15) is 9.18 Å². The van der Waals surface area contributed by atoms with Gasteiger partial charge >= 0.3 is 0 Å². The zero-order valence-corrected chi connectivity index (χ0v) is 12.7. The Morgan fingerprint density at radius 1 is 1.30 bits per heavy atom. The van der Waals surface area contributed by atoms with E-state index in [1.807, 2.05) is 11.9 Å². The number of halogens is 1. The molecule has 0 bridgehead atoms. The molecule has 0 aliphatic carbocycles. The highest BCUT2D eigenvalue weighted by Crippen LogP contribution is 2.20. The Labute approximate surface area is 120 Å². The summed E-state index contributed by atoms with van der Waals surface area (Å²) in [6.45, 7) is 3.85. The summed E-state index contributed by atoms with van der Waals surface area (Å²) >= 11 is 0. The predicted molar refractivity (Wildman–Crippen MR) is 80.4 cm³/mol. The average Bonchev–Trinajstić information content (AvgIpc) is 2.38. The van der Waals surface area contributed by atoms with Crippen LogP contribution in [-0.4, -0.2) is 45.0 Å². The van der Waals surface area contributed by atoms with E-state index in [4.69, 9.17) is 0 Å². The second kappa shape index (κ2) is 7.85. The van der Waals surface area contributed by atoms with E-state index in [2.05, 4.69) is 12.2 Å². The number of rotatable bonds is 7. The molecular weight excluding hydrogens is 257 g/mol. The van der Waals surface area contributed by atoms with E-state index in [0.717, 1.165) is 24.2 Å². The van der Waals surface area contributed by atoms with Crippen LogP contribution in [0.15, 0.2) is 18.2 Å². The summed E-state index contributed by atoms with van der Waals surface area (Å²) in [7, 11) is 5.30. The molecule has 1 N–H and O–H groups in total. The molecule has 20 heavy (non-hydrogen) atoms. The van der Waals surface area contributed by atoms with Crippen molar-refractivity contribution in [2.75, 3.05) is 39.1 Å². The third kappa shape index (κ3) is 4.81. The molecule has 1 aromatic carbocycles. The maximum absolute atomic E-state index is 13.4. The third-order valence-electron chi connectivity index (χ3n) is 3.07. The molecule has 1 amide bonds. The minimum Gasteiger partial charge on any atom is -0.365 e. The first kappa shape index (κ1) is 16.4. The third-order valence-corrected chi connectivity index (χ3v) is 3.07. The fraction of sp³-hybridized carbons (Fsp3) is 0.533. The van der Waals surface area contributed by atoms with Gasteiger partial charge in [-0.2, -0.15) is 0 Å². The SMILES string of the molecule is CCCNCc1cc(F)ccc1N(C)CC(=O)N(C)C. The Bertz CT molecular complexity index is 449. The molecular formula is C15H24FN3O. The van der Waals surface area contributed by atoms with E-state index in [1.54, 1.807) is 25.1 Å². The van der Waals surface area contributed by atoms with Crippen LogP contribution in [0.1, 0.15) is 18.9 Å². The minimum atomic E-state index is -0.255. The van der Waals surface area contributed by atoms with Gasteiger partial charge in [0.25, 0.3) is 0 Å². The van der Waals surface area contributed by atoms with Crippen molar-refractivity contribution in [3.63, 3.8) is 0 Å². The van der Waals surface area contributed by atoms with Gasteiger partial charge in [-0.25, -0.2) is 4.39 Å². The van der Waals surface area contributed by atoms with Crippen LogP contribution in [0.2, 0.25) is 0 Å². The number of anilines is 1. The summed E-state index contributed by atoms with van der Waals surface area (Å²) in [5, 5.41) is 3.26. The highest BCUT2D eigenvalue weighted by atomic mass is 19.1. The summed E-state index contributed by atoms with van der Waals surface area (Å²) in [6, 6.07) is 4.67. The number of likely N-dealkylation sites (N-methyl/N-ethyl adjacent to an activating group) is 2. The highest BCUT2D eigenvalue weighted by molar-refractivity contribution is 5.81. The highest BCUT2D eigenvalue weighted by Gasteiger charge is 2.13. The Hall–Kier alpha value is -1.62. The number of amides is 1. The first-order chi connectivity index (χ1) is 9.45. The van der Waals surface area contributed by atoms with Crippen LogP contribution in [0.5, 0.6) is 0 Å². The van der Waals surface area contributed by atoms with Crippen molar-refractivity contribution < 1.29 is 9.18 Å². The molecule has 0 aromatic heterocycles. The zero-order valence-electron chi connectivity index (χ0n) is 12.7. The summed E-state index contributed by atoms with van der Waals surface area (Å²) in [5.41, 5.74) is 1.75. The largest absolute Gasteiger partial charge is 0.365 e. The fourth-order valence-electron chi connectivity index (χ4n) is 1.90. The van der Waals surface area contributed by atoms with E-state index in [1.165, 1.54) is 12.1 Å². The Balaban J connectivity index is 2.83. The van der Waals surface area contributed by atoms with Crippen molar-refractivity contribution in [1.29, 1.82) is 0 Å². The fourth-order valence-corrected chi connectivity index (χ4v) is 1.90. The molecule has 0 aliphatic rings. The topological polar surface area (TPSA) is 35.6 Å². The predicted octanol–water partition coefficient (Wildman–Crippen LogP) is 1.85. The lowest BCUT2D eigenvalue weighted by atomic mass is 10.1. The summed E-state index contributed by atoms with van der Waals surface area (Å²) < 4.78 is 13.4. The van der Waals surface area contributed by atoms with Crippen molar-refractivity contribution in [2.24, 2.45) is 0 Å². The molecule has 1 aromatic rings. The molecule has 4 nitrogen and oxygen atoms in total. The molecule has 5 heteroatoms. The van der Waals surface area contributed by atoms with Gasteiger partial charge < -0.3 is 15.1 Å². The molecule has 0 fully saturated rings. The number of carbonyl (C=O) groups is 1. The molecule has 0 saturated carbocycles. The molecule has 0 aliphatic heterocycles. The lowest BCUT2D eigenvalue weighted by Gasteiger charge is -2.24. The number of nitrogens with zero attached hydrogens (tertiary/aromatic N) is 2. The van der Waals surface area contributed by atoms with Crippen LogP contribution in [0, 0.1) is 5.82 Å². The van der Waals surface area contributed by atoms with Crippen LogP contribution < -0.4 is 10.2 Å². The normalized spacial score (nSPS) is 10.4. The van der Waals surface area contributed by atoms with Gasteiger partial charge in [0.1, 0.15) is 5.82 Å². The van der Waals surface area contributed by atoms with Gasteiger partial charge in [-0.15, -0.1) is 0 Å². The van der Waals surface area contributed by atoms with Crippen molar-refractivity contribution >= 4 is 11.6 Å². The smallest absolute Gasteiger partial charge is 0.241 e. The Morgan fingerprint density at radius 3 is 2.60 bits per heavy atom. The maximum atomic E-state index is 13.4. The van der Waals surface area contributed by atoms with Crippen LogP contribution in [0.25, 0.3) is 0 Å². The van der Waals surface area contributed by atoms with Crippen molar-refractivity contribution in [1.82, 2.24) is 10.2 Å². The van der Waals surface area contributed by atoms with Gasteiger partial charge in [0, 0.05) is 33.4 Å². The van der Waals surface area contributed by atoms with Crippen LogP contribution in [0.4, 0.5) is 10.1 Å². The summed E-state index contributed by atoms with van der Waals surface area (Å²) in [6.07, 6.45) is 1.03. The number of nitrogens with one attached hydrogen (secondary N) is 1. The van der Waals surface area contributed by atoms with Gasteiger partial charge in [-0.05, 0) is 36.7 Å². The van der Waals surface area contributed by atoms with Crippen molar-refractivity contribution in [2.45, 2.75) is 19.9 Å². The van der Waals surface area contributed by atoms with Gasteiger partial charge in [0.2, 0.25) is 5.91 Å². The van der Waals surface area contributed by atoms with Gasteiger partial charge in [-0.3, -0.25) is 4.79 Å². The number of hydrogen-bond acceptors (Lipinski definition) is 3. The summed E-state index contributed by atoms with van der Waals surface area (Å²) in [4.78, 5) is 15.2. The lowest BCUT2D eigenvalue weighted by molar-refractivity contribution is -0.127. The van der Waals surface area contributed by atoms with E-state index >= 15 is 0 Å². The van der Waals surface area contributed by atoms with E-state index in [0.29, 0.717) is 6.54 Å². The first-order valence-corrected chi connectivity index (χ1v) is 6.86. The van der Waals surface area contributed by atoms with Crippen LogP contribution >= 0.6 is 0 Å². The molecule has 0 saturated heterocycles. The van der Waals surface area contributed by atoms with E-state index in [-0.39, 0.29) is 18.3 Å². The van der Waals surface area contributed by atoms with E-state index < -0.39 is 0 Å². The van der Waals surface area contributed by atoms with Crippen LogP contribution in [-0.2, 0) is 11.3 Å². The molecule has 0 radical (unpaired) electrons. The Morgan fingerprint density at radius 2 is 2.00 bits per heavy atom. The Kier molecular flexibility index (Phi) is 6.45. The minimum absolute atomic E-state index is 0.0179. The molecule has 0 atom stereocenters. The molecule has 0 unspecified atom stereocenters. The first-order valence-electron chi connectivity index (χ1n) is 6.86. The number of benzene rings is 1. The van der Waals surface area contributed by atoms with Gasteiger partial charge in [0.15, 0.2) is 0 Å². The van der Waals surface area contributed by atoms with Crippen molar-refractivity contribution in [3.8, 4) is 0 Å². The second-order valence-electron chi connectivity index (χ2n) is 5.09. The van der Waals surface area contributed by atoms with Gasteiger partial charge in [-0.1, -0.05) is 6.92 Å². The van der Waals surface area contributed by atoms with Crippen molar-refractivity contribution in [3.05, 3.63) is 29.6 Å². The standard InChI is InChI=1S/C15H24FN3O/c1-5-8-17-10-12-9-13(16)6-7-14(12)19(4)11-15(20)18(2)3/h6-7,9,17H,5,8,10-11H2,1-4H3. The molecule has 1 rings (SSSR count). The summed E-state index contributed by atoms with van der Waals surface area (Å²) in [5.74, 6) is -0.237. The zero-order chi connectivity index (χ0) is 15.1. The quantitative estimate of drug-likeness (QED) is 0.775. The molecule has 0 spiro atoms. The lowest BCUT2D eigenvalue weighted by Crippen LogP contribution is -2.35. The number of hydrogen-bond donors (Lipinski definition) is 1. The van der Waals surface area contributed by atoms with Gasteiger partial charge in [0.05, 0.1) is 6.54 Å².